The van der Waals surface area contributed by atoms with E-state index in [0.29, 0.717) is 24.9 Å². The summed E-state index contributed by atoms with van der Waals surface area (Å²) >= 11 is 0. The van der Waals surface area contributed by atoms with Gasteiger partial charge in [-0.2, -0.15) is 0 Å². The Morgan fingerprint density at radius 3 is 3.00 bits per heavy atom. The number of carbonyl (C=O) groups excluding carboxylic acids is 1. The van der Waals surface area contributed by atoms with Gasteiger partial charge in [0.2, 0.25) is 11.8 Å². The molecule has 19 heavy (non-hydrogen) atoms. The molecule has 0 saturated heterocycles. The second kappa shape index (κ2) is 6.52. The van der Waals surface area contributed by atoms with E-state index < -0.39 is 0 Å². The number of pyridine rings is 1. The molecule has 104 valence electrons. The molecule has 3 N–H and O–H groups in total. The third kappa shape index (κ3) is 3.44. The highest BCUT2D eigenvalue weighted by Gasteiger charge is 2.31. The summed E-state index contributed by atoms with van der Waals surface area (Å²) < 4.78 is 4.99. The Bertz CT molecular complexity index is 419. The maximum absolute atomic E-state index is 12.1. The Morgan fingerprint density at radius 2 is 2.37 bits per heavy atom. The van der Waals surface area contributed by atoms with E-state index in [9.17, 15) is 4.79 Å². The van der Waals surface area contributed by atoms with Crippen LogP contribution >= 0.6 is 0 Å². The molecule has 0 aromatic carbocycles. The molecular weight excluding hydrogens is 242 g/mol. The zero-order chi connectivity index (χ0) is 13.7. The van der Waals surface area contributed by atoms with Crippen molar-refractivity contribution in [2.75, 3.05) is 13.7 Å². The SMILES string of the molecule is COc1ccc(CNC(=O)C2CCCC2CN)cn1. The second-order valence-corrected chi connectivity index (χ2v) is 4.96. The summed E-state index contributed by atoms with van der Waals surface area (Å²) in [6.45, 7) is 1.10. The van der Waals surface area contributed by atoms with E-state index in [1.807, 2.05) is 6.07 Å². The van der Waals surface area contributed by atoms with Crippen molar-refractivity contribution in [2.45, 2.75) is 25.8 Å². The van der Waals surface area contributed by atoms with E-state index in [1.54, 1.807) is 19.4 Å². The van der Waals surface area contributed by atoms with Crippen LogP contribution in [0.4, 0.5) is 0 Å². The molecule has 5 heteroatoms. The van der Waals surface area contributed by atoms with Crippen molar-refractivity contribution in [1.82, 2.24) is 10.3 Å². The Labute approximate surface area is 113 Å². The standard InChI is InChI=1S/C14H21N3O2/c1-19-13-6-5-10(8-16-13)9-17-14(18)12-4-2-3-11(12)7-15/h5-6,8,11-12H,2-4,7,9,15H2,1H3,(H,17,18). The summed E-state index contributed by atoms with van der Waals surface area (Å²) in [5.41, 5.74) is 6.67. The van der Waals surface area contributed by atoms with Crippen LogP contribution < -0.4 is 15.8 Å². The lowest BCUT2D eigenvalue weighted by atomic mass is 9.95. The van der Waals surface area contributed by atoms with Gasteiger partial charge < -0.3 is 15.8 Å². The Balaban J connectivity index is 1.85. The number of hydrogen-bond donors (Lipinski definition) is 2. The van der Waals surface area contributed by atoms with Crippen LogP contribution in [0.5, 0.6) is 5.88 Å². The van der Waals surface area contributed by atoms with Crippen molar-refractivity contribution >= 4 is 5.91 Å². The van der Waals surface area contributed by atoms with Gasteiger partial charge >= 0.3 is 0 Å². The minimum absolute atomic E-state index is 0.0798. The van der Waals surface area contributed by atoms with Crippen molar-refractivity contribution in [3.05, 3.63) is 23.9 Å². The summed E-state index contributed by atoms with van der Waals surface area (Å²) in [6, 6.07) is 3.70. The number of rotatable bonds is 5. The van der Waals surface area contributed by atoms with Crippen LogP contribution in [0.2, 0.25) is 0 Å². The molecule has 1 aromatic rings. The summed E-state index contributed by atoms with van der Waals surface area (Å²) in [7, 11) is 1.58. The summed E-state index contributed by atoms with van der Waals surface area (Å²) in [6.07, 6.45) is 4.84. The van der Waals surface area contributed by atoms with Gasteiger partial charge in [-0.1, -0.05) is 12.5 Å². The molecule has 1 fully saturated rings. The van der Waals surface area contributed by atoms with Crippen LogP contribution in [0.3, 0.4) is 0 Å². The molecule has 5 nitrogen and oxygen atoms in total. The number of hydrogen-bond acceptors (Lipinski definition) is 4. The van der Waals surface area contributed by atoms with E-state index in [4.69, 9.17) is 10.5 Å². The van der Waals surface area contributed by atoms with Gasteiger partial charge in [0.25, 0.3) is 0 Å². The van der Waals surface area contributed by atoms with Gasteiger partial charge in [0.1, 0.15) is 0 Å². The van der Waals surface area contributed by atoms with Gasteiger partial charge in [-0.05, 0) is 30.9 Å². The first-order valence-electron chi connectivity index (χ1n) is 6.71. The first kappa shape index (κ1) is 13.8. The van der Waals surface area contributed by atoms with Crippen LogP contribution in [0.25, 0.3) is 0 Å². The van der Waals surface area contributed by atoms with Gasteiger partial charge in [0.15, 0.2) is 0 Å². The largest absolute Gasteiger partial charge is 0.481 e. The Kier molecular flexibility index (Phi) is 4.74. The van der Waals surface area contributed by atoms with Crippen LogP contribution in [0.15, 0.2) is 18.3 Å². The number of aromatic nitrogens is 1. The fourth-order valence-corrected chi connectivity index (χ4v) is 2.62. The number of amides is 1. The van der Waals surface area contributed by atoms with E-state index in [0.717, 1.165) is 24.8 Å². The fraction of sp³-hybridized carbons (Fsp3) is 0.571. The second-order valence-electron chi connectivity index (χ2n) is 4.96. The lowest BCUT2D eigenvalue weighted by Crippen LogP contribution is -2.34. The van der Waals surface area contributed by atoms with Gasteiger partial charge in [0, 0.05) is 24.7 Å². The zero-order valence-corrected chi connectivity index (χ0v) is 11.3. The Morgan fingerprint density at radius 1 is 1.53 bits per heavy atom. The van der Waals surface area contributed by atoms with Crippen LogP contribution in [0.1, 0.15) is 24.8 Å². The van der Waals surface area contributed by atoms with Gasteiger partial charge in [-0.25, -0.2) is 4.98 Å². The lowest BCUT2D eigenvalue weighted by molar-refractivity contribution is -0.126. The molecule has 0 aliphatic heterocycles. The number of nitrogens with two attached hydrogens (primary N) is 1. The average molecular weight is 263 g/mol. The lowest BCUT2D eigenvalue weighted by Gasteiger charge is -2.17. The highest BCUT2D eigenvalue weighted by molar-refractivity contribution is 5.79. The number of nitrogens with zero attached hydrogens (tertiary/aromatic N) is 1. The molecule has 2 unspecified atom stereocenters. The normalized spacial score (nSPS) is 22.2. The molecule has 1 heterocycles. The van der Waals surface area contributed by atoms with Crippen LogP contribution in [-0.2, 0) is 11.3 Å². The number of nitrogens with one attached hydrogen (secondary N) is 1. The fourth-order valence-electron chi connectivity index (χ4n) is 2.62. The predicted octanol–water partition coefficient (Wildman–Crippen LogP) is 1.08. The van der Waals surface area contributed by atoms with E-state index in [-0.39, 0.29) is 11.8 Å². The van der Waals surface area contributed by atoms with Gasteiger partial charge in [-0.3, -0.25) is 4.79 Å². The number of methoxy groups -OCH3 is 1. The number of ether oxygens (including phenoxy) is 1. The van der Waals surface area contributed by atoms with E-state index in [1.165, 1.54) is 0 Å². The molecular formula is C14H21N3O2. The smallest absolute Gasteiger partial charge is 0.223 e. The molecule has 1 saturated carbocycles. The molecule has 0 spiro atoms. The summed E-state index contributed by atoms with van der Waals surface area (Å²) in [4.78, 5) is 16.2. The van der Waals surface area contributed by atoms with Crippen molar-refractivity contribution in [2.24, 2.45) is 17.6 Å². The van der Waals surface area contributed by atoms with Crippen LogP contribution in [-0.4, -0.2) is 24.5 Å². The first-order chi connectivity index (χ1) is 9.24. The summed E-state index contributed by atoms with van der Waals surface area (Å²) in [5.74, 6) is 1.11. The Hall–Kier alpha value is -1.62. The first-order valence-corrected chi connectivity index (χ1v) is 6.71. The van der Waals surface area contributed by atoms with E-state index >= 15 is 0 Å². The molecule has 1 aliphatic carbocycles. The van der Waals surface area contributed by atoms with Gasteiger partial charge in [-0.15, -0.1) is 0 Å². The van der Waals surface area contributed by atoms with Crippen LogP contribution in [0, 0.1) is 11.8 Å². The molecule has 2 rings (SSSR count). The molecule has 1 aliphatic rings. The number of carbonyl (C=O) groups is 1. The van der Waals surface area contributed by atoms with Crippen molar-refractivity contribution in [1.29, 1.82) is 0 Å². The topological polar surface area (TPSA) is 77.2 Å². The highest BCUT2D eigenvalue weighted by atomic mass is 16.5. The maximum Gasteiger partial charge on any atom is 0.223 e. The third-order valence-corrected chi connectivity index (χ3v) is 3.77. The van der Waals surface area contributed by atoms with Crippen molar-refractivity contribution in [3.8, 4) is 5.88 Å². The average Bonchev–Trinajstić information content (AvgIpc) is 2.93. The van der Waals surface area contributed by atoms with Crippen molar-refractivity contribution in [3.63, 3.8) is 0 Å². The molecule has 1 amide bonds. The molecule has 2 atom stereocenters. The van der Waals surface area contributed by atoms with E-state index in [2.05, 4.69) is 10.3 Å². The predicted molar refractivity (Wildman–Crippen MR) is 72.5 cm³/mol. The zero-order valence-electron chi connectivity index (χ0n) is 11.3. The highest BCUT2D eigenvalue weighted by Crippen LogP contribution is 2.30. The minimum Gasteiger partial charge on any atom is -0.481 e. The van der Waals surface area contributed by atoms with Crippen molar-refractivity contribution < 1.29 is 9.53 Å². The monoisotopic (exact) mass is 263 g/mol. The maximum atomic E-state index is 12.1. The summed E-state index contributed by atoms with van der Waals surface area (Å²) in [5, 5.41) is 2.97. The minimum atomic E-state index is 0.0798. The van der Waals surface area contributed by atoms with Gasteiger partial charge in [0.05, 0.1) is 7.11 Å². The molecule has 0 bridgehead atoms. The molecule has 1 aromatic heterocycles. The molecule has 0 radical (unpaired) electrons. The third-order valence-electron chi connectivity index (χ3n) is 3.77. The quantitative estimate of drug-likeness (QED) is 0.833.